The molecule has 1 saturated heterocycles. The Morgan fingerprint density at radius 1 is 0.946 bits per heavy atom. The molecule has 2 aromatic carbocycles. The highest BCUT2D eigenvalue weighted by Crippen LogP contribution is 2.36. The van der Waals surface area contributed by atoms with E-state index in [0.717, 1.165) is 11.6 Å². The van der Waals surface area contributed by atoms with Gasteiger partial charge in [-0.25, -0.2) is 8.78 Å². The number of benzene rings is 2. The van der Waals surface area contributed by atoms with Crippen LogP contribution in [0.4, 0.5) is 20.3 Å². The van der Waals surface area contributed by atoms with Gasteiger partial charge in [-0.1, -0.05) is 36.9 Å². The van der Waals surface area contributed by atoms with Gasteiger partial charge in [-0.05, 0) is 49.2 Å². The smallest absolute Gasteiger partial charge is 0.270 e. The fourth-order valence-corrected chi connectivity index (χ4v) is 5.38. The number of hydrogen-bond donors (Lipinski definition) is 0. The SMILES string of the molecule is [C-]#[N+]c1ccc2c(n1)c(N1C[C@@H](C)N(C(c3ccccc3)c3cc(F)cc(F)c3)C[C@@H]1C)cc(=O)n2C. The lowest BCUT2D eigenvalue weighted by atomic mass is 9.93. The van der Waals surface area contributed by atoms with E-state index in [1.165, 1.54) is 16.7 Å². The van der Waals surface area contributed by atoms with Crippen molar-refractivity contribution in [2.45, 2.75) is 32.0 Å². The van der Waals surface area contributed by atoms with Crippen LogP contribution >= 0.6 is 0 Å². The molecule has 1 unspecified atom stereocenters. The van der Waals surface area contributed by atoms with Crippen LogP contribution < -0.4 is 10.5 Å². The number of anilines is 1. The normalized spacial score (nSPS) is 19.1. The van der Waals surface area contributed by atoms with Crippen molar-refractivity contribution in [3.05, 3.63) is 111 Å². The van der Waals surface area contributed by atoms with E-state index < -0.39 is 11.6 Å². The van der Waals surface area contributed by atoms with Crippen molar-refractivity contribution >= 4 is 22.5 Å². The Morgan fingerprint density at radius 2 is 1.65 bits per heavy atom. The Kier molecular flexibility index (Phi) is 6.48. The topological polar surface area (TPSA) is 45.7 Å². The number of piperazine rings is 1. The minimum atomic E-state index is -0.608. The fraction of sp³-hybridized carbons (Fsp3) is 0.276. The summed E-state index contributed by atoms with van der Waals surface area (Å²) in [5, 5.41) is 0. The Balaban J connectivity index is 1.57. The van der Waals surface area contributed by atoms with Crippen molar-refractivity contribution in [3.8, 4) is 0 Å². The van der Waals surface area contributed by atoms with E-state index >= 15 is 0 Å². The Bertz CT molecular complexity index is 1540. The molecule has 0 amide bonds. The van der Waals surface area contributed by atoms with E-state index in [1.54, 1.807) is 25.2 Å². The van der Waals surface area contributed by atoms with Gasteiger partial charge in [0.25, 0.3) is 11.4 Å². The van der Waals surface area contributed by atoms with Crippen molar-refractivity contribution in [3.63, 3.8) is 0 Å². The van der Waals surface area contributed by atoms with Gasteiger partial charge in [-0.2, -0.15) is 0 Å². The van der Waals surface area contributed by atoms with Gasteiger partial charge in [0, 0.05) is 44.4 Å². The molecule has 3 heterocycles. The molecule has 1 aliphatic heterocycles. The first kappa shape index (κ1) is 24.6. The molecule has 3 atom stereocenters. The molecule has 4 aromatic rings. The quantitative estimate of drug-likeness (QED) is 0.350. The van der Waals surface area contributed by atoms with Gasteiger partial charge in [0.15, 0.2) is 0 Å². The zero-order valence-corrected chi connectivity index (χ0v) is 20.9. The van der Waals surface area contributed by atoms with Gasteiger partial charge < -0.3 is 14.3 Å². The van der Waals surface area contributed by atoms with E-state index in [1.807, 2.05) is 30.3 Å². The van der Waals surface area contributed by atoms with Crippen LogP contribution in [0.2, 0.25) is 0 Å². The van der Waals surface area contributed by atoms with E-state index in [0.29, 0.717) is 35.4 Å². The van der Waals surface area contributed by atoms with Crippen LogP contribution in [-0.4, -0.2) is 39.6 Å². The van der Waals surface area contributed by atoms with E-state index in [4.69, 9.17) is 6.57 Å². The molecular formula is C29H27F2N5O. The van der Waals surface area contributed by atoms with Crippen LogP contribution in [0.3, 0.4) is 0 Å². The van der Waals surface area contributed by atoms with Crippen molar-refractivity contribution in [2.75, 3.05) is 18.0 Å². The molecule has 2 aromatic heterocycles. The predicted molar refractivity (Wildman–Crippen MR) is 141 cm³/mol. The maximum Gasteiger partial charge on any atom is 0.270 e. The molecule has 1 fully saturated rings. The summed E-state index contributed by atoms with van der Waals surface area (Å²) in [6, 6.07) is 17.9. The Morgan fingerprint density at radius 3 is 2.32 bits per heavy atom. The second kappa shape index (κ2) is 9.75. The molecule has 5 rings (SSSR count). The standard InChI is InChI=1S/C29H27F2N5O/c1-18-17-36(29(20-8-6-5-7-9-20)21-12-22(30)14-23(31)13-21)19(2)16-35(18)25-15-27(37)34(4)24-10-11-26(32-3)33-28(24)25/h5-15,18-19,29H,16-17H2,1-2,4H3/t18-,19+,29?/m0/s1. The second-order valence-corrected chi connectivity index (χ2v) is 9.64. The first-order chi connectivity index (χ1) is 17.8. The van der Waals surface area contributed by atoms with Crippen LogP contribution in [0.15, 0.2) is 71.5 Å². The van der Waals surface area contributed by atoms with Crippen LogP contribution in [-0.2, 0) is 7.05 Å². The molecule has 0 N–H and O–H groups in total. The van der Waals surface area contributed by atoms with Crippen molar-refractivity contribution in [1.29, 1.82) is 0 Å². The zero-order chi connectivity index (χ0) is 26.3. The largest absolute Gasteiger partial charge is 0.362 e. The van der Waals surface area contributed by atoms with Crippen LogP contribution in [0, 0.1) is 18.2 Å². The number of halogens is 2. The van der Waals surface area contributed by atoms with Crippen molar-refractivity contribution in [1.82, 2.24) is 14.5 Å². The lowest BCUT2D eigenvalue weighted by molar-refractivity contribution is 0.129. The van der Waals surface area contributed by atoms with Crippen molar-refractivity contribution in [2.24, 2.45) is 7.05 Å². The number of rotatable bonds is 4. The monoisotopic (exact) mass is 499 g/mol. The number of aryl methyl sites for hydroxylation is 1. The summed E-state index contributed by atoms with van der Waals surface area (Å²) in [5.74, 6) is -0.948. The maximum atomic E-state index is 14.3. The summed E-state index contributed by atoms with van der Waals surface area (Å²) in [7, 11) is 1.69. The predicted octanol–water partition coefficient (Wildman–Crippen LogP) is 5.45. The first-order valence-corrected chi connectivity index (χ1v) is 12.2. The third kappa shape index (κ3) is 4.58. The van der Waals surface area contributed by atoms with E-state index in [-0.39, 0.29) is 29.5 Å². The molecule has 0 saturated carbocycles. The highest BCUT2D eigenvalue weighted by molar-refractivity contribution is 5.89. The number of fused-ring (bicyclic) bond motifs is 1. The molecule has 0 aliphatic carbocycles. The summed E-state index contributed by atoms with van der Waals surface area (Å²) in [4.78, 5) is 25.2. The lowest BCUT2D eigenvalue weighted by Gasteiger charge is -2.48. The average molecular weight is 500 g/mol. The molecule has 0 radical (unpaired) electrons. The summed E-state index contributed by atoms with van der Waals surface area (Å²) in [5.41, 5.74) is 3.31. The highest BCUT2D eigenvalue weighted by atomic mass is 19.1. The van der Waals surface area contributed by atoms with E-state index in [9.17, 15) is 13.6 Å². The first-order valence-electron chi connectivity index (χ1n) is 12.2. The van der Waals surface area contributed by atoms with Gasteiger partial charge in [0.2, 0.25) is 5.52 Å². The molecule has 8 heteroatoms. The van der Waals surface area contributed by atoms with Crippen LogP contribution in [0.25, 0.3) is 15.9 Å². The average Bonchev–Trinajstić information content (AvgIpc) is 2.88. The fourth-order valence-electron chi connectivity index (χ4n) is 5.38. The minimum Gasteiger partial charge on any atom is -0.362 e. The molecule has 0 spiro atoms. The van der Waals surface area contributed by atoms with Crippen LogP contribution in [0.5, 0.6) is 0 Å². The highest BCUT2D eigenvalue weighted by Gasteiger charge is 2.36. The number of aromatic nitrogens is 2. The zero-order valence-electron chi connectivity index (χ0n) is 20.9. The summed E-state index contributed by atoms with van der Waals surface area (Å²) < 4.78 is 30.1. The molecule has 37 heavy (non-hydrogen) atoms. The lowest BCUT2D eigenvalue weighted by Crippen LogP contribution is -2.57. The third-order valence-electron chi connectivity index (χ3n) is 7.16. The maximum absolute atomic E-state index is 14.3. The molecule has 188 valence electrons. The van der Waals surface area contributed by atoms with Gasteiger partial charge in [0.1, 0.15) is 11.6 Å². The number of pyridine rings is 2. The Hall–Kier alpha value is -4.09. The summed E-state index contributed by atoms with van der Waals surface area (Å²) >= 11 is 0. The third-order valence-corrected chi connectivity index (χ3v) is 7.16. The minimum absolute atomic E-state index is 0.0316. The van der Waals surface area contributed by atoms with Crippen LogP contribution in [0.1, 0.15) is 31.0 Å². The molecule has 1 aliphatic rings. The molecule has 0 bridgehead atoms. The van der Waals surface area contributed by atoms with E-state index in [2.05, 4.69) is 33.5 Å². The van der Waals surface area contributed by atoms with Crippen molar-refractivity contribution < 1.29 is 8.78 Å². The van der Waals surface area contributed by atoms with Gasteiger partial charge in [-0.3, -0.25) is 9.69 Å². The second-order valence-electron chi connectivity index (χ2n) is 9.64. The summed E-state index contributed by atoms with van der Waals surface area (Å²) in [6.45, 7) is 12.7. The number of nitrogens with zero attached hydrogens (tertiary/aromatic N) is 5. The van der Waals surface area contributed by atoms with Gasteiger partial charge in [-0.15, -0.1) is 4.98 Å². The number of hydrogen-bond acceptors (Lipinski definition) is 4. The molecular weight excluding hydrogens is 472 g/mol. The van der Waals surface area contributed by atoms with Gasteiger partial charge >= 0.3 is 0 Å². The Labute approximate surface area is 214 Å². The molecule has 6 nitrogen and oxygen atoms in total. The van der Waals surface area contributed by atoms with Gasteiger partial charge in [0.05, 0.1) is 17.2 Å². The summed E-state index contributed by atoms with van der Waals surface area (Å²) in [6.07, 6.45) is 0.